The number of nitrogens with zero attached hydrogens (tertiary/aromatic N) is 6. The second-order valence-electron chi connectivity index (χ2n) is 8.11. The number of rotatable bonds is 5. The van der Waals surface area contributed by atoms with Crippen LogP contribution in [-0.2, 0) is 19.3 Å². The Kier molecular flexibility index (Phi) is 5.15. The molecule has 32 heavy (non-hydrogen) atoms. The zero-order chi connectivity index (χ0) is 21.3. The third-order valence-corrected chi connectivity index (χ3v) is 7.20. The lowest BCUT2D eigenvalue weighted by molar-refractivity contribution is 0.357. The van der Waals surface area contributed by atoms with E-state index in [0.717, 1.165) is 84.6 Å². The van der Waals surface area contributed by atoms with Crippen molar-refractivity contribution in [2.24, 2.45) is 0 Å². The van der Waals surface area contributed by atoms with E-state index in [2.05, 4.69) is 45.4 Å². The summed E-state index contributed by atoms with van der Waals surface area (Å²) in [6.07, 6.45) is 8.31. The van der Waals surface area contributed by atoms with E-state index < -0.39 is 0 Å². The van der Waals surface area contributed by atoms with Crippen LogP contribution < -0.4 is 9.64 Å². The molecule has 162 valence electrons. The molecule has 2 aliphatic heterocycles. The van der Waals surface area contributed by atoms with Crippen LogP contribution in [0, 0.1) is 0 Å². The molecule has 0 saturated carbocycles. The zero-order valence-electron chi connectivity index (χ0n) is 17.8. The van der Waals surface area contributed by atoms with Gasteiger partial charge in [-0.2, -0.15) is 11.8 Å². The maximum absolute atomic E-state index is 5.71. The Bertz CT molecular complexity index is 1250. The van der Waals surface area contributed by atoms with E-state index in [0.29, 0.717) is 0 Å². The molecule has 1 aromatic carbocycles. The number of aryl methyl sites for hydroxylation is 2. The van der Waals surface area contributed by atoms with Crippen molar-refractivity contribution in [2.75, 3.05) is 36.1 Å². The van der Waals surface area contributed by atoms with Gasteiger partial charge in [0, 0.05) is 66.5 Å². The van der Waals surface area contributed by atoms with Gasteiger partial charge in [-0.3, -0.25) is 4.40 Å². The van der Waals surface area contributed by atoms with Gasteiger partial charge in [0.05, 0.1) is 6.61 Å². The number of thioether (sulfide) groups is 1. The van der Waals surface area contributed by atoms with E-state index in [-0.39, 0.29) is 0 Å². The Morgan fingerprint density at radius 3 is 2.81 bits per heavy atom. The van der Waals surface area contributed by atoms with E-state index in [9.17, 15) is 0 Å². The molecule has 8 heteroatoms. The average Bonchev–Trinajstić information content (AvgIpc) is 3.54. The number of pyridine rings is 1. The van der Waals surface area contributed by atoms with Gasteiger partial charge in [0.25, 0.3) is 0 Å². The molecule has 2 aliphatic rings. The predicted molar refractivity (Wildman–Crippen MR) is 127 cm³/mol. The summed E-state index contributed by atoms with van der Waals surface area (Å²) in [5.74, 6) is 5.35. The van der Waals surface area contributed by atoms with Crippen LogP contribution in [0.2, 0.25) is 0 Å². The molecular weight excluding hydrogens is 420 g/mol. The highest BCUT2D eigenvalue weighted by Gasteiger charge is 2.17. The molecule has 0 spiro atoms. The lowest BCUT2D eigenvalue weighted by atomic mass is 10.0. The molecule has 0 bridgehead atoms. The van der Waals surface area contributed by atoms with Crippen LogP contribution >= 0.6 is 11.8 Å². The molecule has 1 saturated heterocycles. The summed E-state index contributed by atoms with van der Waals surface area (Å²) in [5, 5.41) is 8.57. The third-order valence-electron chi connectivity index (χ3n) is 6.26. The zero-order valence-corrected chi connectivity index (χ0v) is 18.6. The molecule has 1 fully saturated rings. The van der Waals surface area contributed by atoms with Crippen LogP contribution in [0.5, 0.6) is 5.75 Å². The first-order chi connectivity index (χ1) is 15.9. The topological polar surface area (TPSA) is 68.4 Å². The quantitative estimate of drug-likeness (QED) is 0.467. The average molecular weight is 445 g/mol. The predicted octanol–water partition coefficient (Wildman–Crippen LogP) is 3.46. The molecule has 0 aliphatic carbocycles. The molecule has 0 N–H and O–H groups in total. The van der Waals surface area contributed by atoms with Crippen LogP contribution in [0.15, 0.2) is 49.1 Å². The summed E-state index contributed by atoms with van der Waals surface area (Å²) >= 11 is 2.00. The van der Waals surface area contributed by atoms with Gasteiger partial charge in [0.1, 0.15) is 23.7 Å². The minimum Gasteiger partial charge on any atom is -0.493 e. The maximum Gasteiger partial charge on any atom is 0.171 e. The molecule has 6 rings (SSSR count). The summed E-state index contributed by atoms with van der Waals surface area (Å²) in [6.45, 7) is 2.88. The van der Waals surface area contributed by atoms with Crippen LogP contribution in [0.4, 0.5) is 5.82 Å². The van der Waals surface area contributed by atoms with Crippen LogP contribution in [0.25, 0.3) is 16.8 Å². The minimum absolute atomic E-state index is 0.776. The van der Waals surface area contributed by atoms with Gasteiger partial charge in [-0.1, -0.05) is 12.1 Å². The first kappa shape index (κ1) is 19.5. The van der Waals surface area contributed by atoms with Gasteiger partial charge in [-0.15, -0.1) is 10.2 Å². The van der Waals surface area contributed by atoms with E-state index in [4.69, 9.17) is 14.7 Å². The van der Waals surface area contributed by atoms with E-state index in [1.54, 1.807) is 6.33 Å². The molecule has 4 aromatic rings. The second-order valence-corrected chi connectivity index (χ2v) is 9.33. The summed E-state index contributed by atoms with van der Waals surface area (Å²) in [7, 11) is 0. The largest absolute Gasteiger partial charge is 0.493 e. The lowest BCUT2D eigenvalue weighted by Gasteiger charge is -2.27. The molecular formula is C24H24N6OS. The molecule has 0 amide bonds. The first-order valence-corrected chi connectivity index (χ1v) is 12.2. The number of anilines is 1. The van der Waals surface area contributed by atoms with Crippen molar-refractivity contribution >= 4 is 23.2 Å². The van der Waals surface area contributed by atoms with Crippen LogP contribution in [-0.4, -0.2) is 55.8 Å². The number of fused-ring (bicyclic) bond motifs is 2. The van der Waals surface area contributed by atoms with Crippen molar-refractivity contribution in [3.05, 3.63) is 66.0 Å². The monoisotopic (exact) mass is 444 g/mol. The Labute approximate surface area is 190 Å². The van der Waals surface area contributed by atoms with Crippen molar-refractivity contribution in [2.45, 2.75) is 19.3 Å². The first-order valence-electron chi connectivity index (χ1n) is 11.1. The molecule has 0 radical (unpaired) electrons. The number of benzene rings is 1. The van der Waals surface area contributed by atoms with Gasteiger partial charge >= 0.3 is 0 Å². The smallest absolute Gasteiger partial charge is 0.171 e. The van der Waals surface area contributed by atoms with Crippen LogP contribution in [0.1, 0.15) is 17.0 Å². The number of hydrogen-bond donors (Lipinski definition) is 0. The number of aromatic nitrogens is 5. The second kappa shape index (κ2) is 8.43. The van der Waals surface area contributed by atoms with Crippen molar-refractivity contribution in [1.82, 2.24) is 24.6 Å². The normalized spacial score (nSPS) is 15.7. The summed E-state index contributed by atoms with van der Waals surface area (Å²) in [5.41, 5.74) is 5.45. The number of hydrogen-bond acceptors (Lipinski definition) is 7. The Hall–Kier alpha value is -3.13. The van der Waals surface area contributed by atoms with Gasteiger partial charge < -0.3 is 9.64 Å². The Morgan fingerprint density at radius 1 is 1.00 bits per heavy atom. The third kappa shape index (κ3) is 3.58. The van der Waals surface area contributed by atoms with E-state index >= 15 is 0 Å². The highest BCUT2D eigenvalue weighted by atomic mass is 32.2. The van der Waals surface area contributed by atoms with Gasteiger partial charge in [0.15, 0.2) is 5.65 Å². The maximum atomic E-state index is 5.71. The van der Waals surface area contributed by atoms with E-state index in [1.165, 1.54) is 11.1 Å². The molecule has 7 nitrogen and oxygen atoms in total. The molecule has 0 unspecified atom stereocenters. The van der Waals surface area contributed by atoms with Crippen molar-refractivity contribution < 1.29 is 4.74 Å². The fourth-order valence-corrected chi connectivity index (χ4v) is 5.46. The molecule has 0 atom stereocenters. The summed E-state index contributed by atoms with van der Waals surface area (Å²) in [6, 6.07) is 10.5. The summed E-state index contributed by atoms with van der Waals surface area (Å²) < 4.78 is 7.71. The SMILES string of the molecule is c1cc(CCc2ncc(-c3ccc(N4CCSCC4)nc3)c3nncn23)c2c(c1)OCC2. The van der Waals surface area contributed by atoms with Crippen molar-refractivity contribution in [3.8, 4) is 16.9 Å². The molecule has 3 aromatic heterocycles. The Morgan fingerprint density at radius 2 is 1.94 bits per heavy atom. The van der Waals surface area contributed by atoms with Crippen molar-refractivity contribution in [1.29, 1.82) is 0 Å². The highest BCUT2D eigenvalue weighted by molar-refractivity contribution is 7.99. The molecule has 5 heterocycles. The highest BCUT2D eigenvalue weighted by Crippen LogP contribution is 2.29. The van der Waals surface area contributed by atoms with Gasteiger partial charge in [-0.25, -0.2) is 9.97 Å². The number of ether oxygens (including phenoxy) is 1. The van der Waals surface area contributed by atoms with Gasteiger partial charge in [-0.05, 0) is 30.2 Å². The fourth-order valence-electron chi connectivity index (χ4n) is 4.55. The minimum atomic E-state index is 0.776. The van der Waals surface area contributed by atoms with Crippen LogP contribution in [0.3, 0.4) is 0 Å². The van der Waals surface area contributed by atoms with Crippen molar-refractivity contribution in [3.63, 3.8) is 0 Å². The lowest BCUT2D eigenvalue weighted by Crippen LogP contribution is -2.32. The van der Waals surface area contributed by atoms with E-state index in [1.807, 2.05) is 28.6 Å². The Balaban J connectivity index is 1.25. The summed E-state index contributed by atoms with van der Waals surface area (Å²) in [4.78, 5) is 11.9. The van der Waals surface area contributed by atoms with Gasteiger partial charge in [0.2, 0.25) is 0 Å². The fraction of sp³-hybridized carbons (Fsp3) is 0.333. The standard InChI is InChI=1S/C24H24N6OS/c1-2-17(19-8-11-31-21(19)3-1)4-7-23-26-15-20(24-28-27-16-30(23)24)18-5-6-22(25-14-18)29-9-12-32-13-10-29/h1-3,5-6,14-16H,4,7-13H2.